The van der Waals surface area contributed by atoms with Crippen molar-refractivity contribution in [1.29, 1.82) is 0 Å². The lowest BCUT2D eigenvalue weighted by molar-refractivity contribution is -0.184. The number of carbonyl (C=O) groups is 8. The molecular weight excluding hydrogens is 1270 g/mol. The monoisotopic (exact) mass is 1330 g/mol. The highest BCUT2D eigenvalue weighted by atomic mass is 32.1. The molecule has 6 fully saturated rings. The predicted octanol–water partition coefficient (Wildman–Crippen LogP) is 14.7. The quantitative estimate of drug-likeness (QED) is 0.0562. The van der Waals surface area contributed by atoms with Crippen molar-refractivity contribution in [2.75, 3.05) is 0 Å². The highest BCUT2D eigenvalue weighted by Gasteiger charge is 2.64. The highest BCUT2D eigenvalue weighted by molar-refractivity contribution is 7.35. The van der Waals surface area contributed by atoms with Crippen LogP contribution in [-0.4, -0.2) is 58.4 Å². The molecule has 94 heavy (non-hydrogen) atoms. The first-order chi connectivity index (χ1) is 45.8. The van der Waals surface area contributed by atoms with E-state index in [-0.39, 0.29) is 113 Å². The van der Waals surface area contributed by atoms with Gasteiger partial charge in [-0.3, -0.25) is 19.2 Å². The fraction of sp³-hybridized carbons (Fsp3) is 0.351. The molecule has 8 aromatic rings. The molecule has 2 aliphatic heterocycles. The first-order valence-corrected chi connectivity index (χ1v) is 35.6. The number of carbonyl (C=O) groups excluding carboxylic acids is 8. The number of rotatable bonds is 14. The Bertz CT molecular complexity index is 4030. The summed E-state index contributed by atoms with van der Waals surface area (Å²) in [4.78, 5) is 132. The minimum Gasteiger partial charge on any atom is -0.458 e. The number of esters is 4. The molecule has 0 spiro atoms. The van der Waals surface area contributed by atoms with E-state index in [2.05, 4.69) is 0 Å². The Morgan fingerprint density at radius 1 is 0.394 bits per heavy atom. The Morgan fingerprint density at radius 3 is 0.947 bits per heavy atom. The number of ether oxygens (including phenoxy) is 6. The zero-order valence-corrected chi connectivity index (χ0v) is 54.1. The van der Waals surface area contributed by atoms with E-state index in [0.717, 1.165) is 96.7 Å². The molecule has 6 aliphatic carbocycles. The van der Waals surface area contributed by atoms with Gasteiger partial charge >= 0.3 is 35.1 Å². The van der Waals surface area contributed by atoms with Crippen LogP contribution in [-0.2, 0) is 94.9 Å². The second-order valence-electron chi connectivity index (χ2n) is 26.0. The normalized spacial score (nSPS) is 24.2. The molecule has 4 aromatic carbocycles. The molecule has 0 bridgehead atoms. The van der Waals surface area contributed by atoms with Gasteiger partial charge in [-0.15, -0.1) is 45.3 Å². The molecule has 8 aliphatic rings. The average Bonchev–Trinajstić information content (AvgIpc) is 1.50. The molecule has 16 nitrogen and oxygen atoms in total. The molecule has 8 atom stereocenters. The van der Waals surface area contributed by atoms with Crippen LogP contribution in [0.3, 0.4) is 0 Å². The molecule has 6 heterocycles. The fourth-order valence-electron chi connectivity index (χ4n) is 16.0. The standard InChI is InChI=1S/C74H62N2O14S4/c77-59-47-29-43-25-13-14-26-44(43)30-48(47)60(78)57(59)75-53-33-51-63(91-53)65-55(73(89-51,69(81)85-35-39-17-5-1-6-18-39)70(82)86-36-40-19-7-2-8-20-40)67-68(93-65)56-66(94-67)64-52(34-54(92-64)76-58-61(79)49-31-45-27-15-16-28-46(45)32-50(49)62(58)80)90-74(56,71(83)87-37-41-21-9-3-10-22-41)72(84)88-38-42-23-11-4-12-24-42/h1-12,17-24,33-34,43-50H,13-16,25-32,35-38H2. The third kappa shape index (κ3) is 10.2. The maximum atomic E-state index is 15.9. The maximum Gasteiger partial charge on any atom is 0.367 e. The summed E-state index contributed by atoms with van der Waals surface area (Å²) in [6, 6.07) is 38.6. The number of hydrogen-bond donors (Lipinski definition) is 0. The van der Waals surface area contributed by atoms with Crippen molar-refractivity contribution < 1.29 is 66.8 Å². The van der Waals surface area contributed by atoms with E-state index < -0.39 is 58.8 Å². The summed E-state index contributed by atoms with van der Waals surface area (Å²) in [5.41, 5.74) is -3.60. The summed E-state index contributed by atoms with van der Waals surface area (Å²) in [6.07, 6.45) is 11.0. The summed E-state index contributed by atoms with van der Waals surface area (Å²) in [6.45, 7) is -1.23. The minimum absolute atomic E-state index is 0.0137. The zero-order valence-electron chi connectivity index (χ0n) is 50.9. The van der Waals surface area contributed by atoms with Gasteiger partial charge < -0.3 is 28.4 Å². The fourth-order valence-corrected chi connectivity index (χ4v) is 21.3. The van der Waals surface area contributed by atoms with Crippen LogP contribution in [0.1, 0.15) is 110 Å². The summed E-state index contributed by atoms with van der Waals surface area (Å²) in [7, 11) is 0. The van der Waals surface area contributed by atoms with Crippen molar-refractivity contribution in [2.24, 2.45) is 57.3 Å². The second-order valence-corrected chi connectivity index (χ2v) is 30.1. The average molecular weight is 1330 g/mol. The van der Waals surface area contributed by atoms with Crippen LogP contribution >= 0.6 is 45.3 Å². The lowest BCUT2D eigenvalue weighted by Gasteiger charge is -2.39. The number of aliphatic imine (C=N–C) groups is 2. The molecule has 0 amide bonds. The maximum absolute atomic E-state index is 15.9. The van der Waals surface area contributed by atoms with E-state index in [4.69, 9.17) is 38.4 Å². The number of thiophene rings is 4. The topological polar surface area (TPSA) is 217 Å². The molecule has 0 radical (unpaired) electrons. The van der Waals surface area contributed by atoms with Gasteiger partial charge in [0.2, 0.25) is 0 Å². The van der Waals surface area contributed by atoms with E-state index in [1.165, 1.54) is 12.1 Å². The first-order valence-electron chi connectivity index (χ1n) is 32.3. The summed E-state index contributed by atoms with van der Waals surface area (Å²) in [5.74, 6) is -6.29. The van der Waals surface area contributed by atoms with Gasteiger partial charge in [0.1, 0.15) is 47.9 Å². The van der Waals surface area contributed by atoms with Crippen LogP contribution in [0, 0.1) is 47.3 Å². The van der Waals surface area contributed by atoms with Gasteiger partial charge in [-0.2, -0.15) is 0 Å². The lowest BCUT2D eigenvalue weighted by atomic mass is 9.64. The molecule has 20 heteroatoms. The van der Waals surface area contributed by atoms with E-state index in [1.54, 1.807) is 97.1 Å². The molecule has 16 rings (SSSR count). The van der Waals surface area contributed by atoms with Crippen molar-refractivity contribution in [3.63, 3.8) is 0 Å². The molecule has 476 valence electrons. The molecule has 0 N–H and O–H groups in total. The van der Waals surface area contributed by atoms with E-state index in [0.29, 0.717) is 81.4 Å². The van der Waals surface area contributed by atoms with Crippen LogP contribution in [0.5, 0.6) is 11.5 Å². The van der Waals surface area contributed by atoms with Crippen LogP contribution in [0.25, 0.3) is 28.9 Å². The SMILES string of the molecule is O=C1C(=Nc2cc3c(s2)-c2sc4c5c(sc4c2C(C(=O)OCc2ccccc2)(C(=O)OCc2ccccc2)O3)-c2sc(N=C3C(=O)C4CC6CCCCC6CC4C3=O)cc2OC5(C(=O)OCc2ccccc2)C(=O)OCc2ccccc2)C(=O)C2CC3CCCCC3CC12. The van der Waals surface area contributed by atoms with Gasteiger partial charge in [0.25, 0.3) is 0 Å². The predicted molar refractivity (Wildman–Crippen MR) is 353 cm³/mol. The minimum atomic E-state index is -2.80. The Balaban J connectivity index is 0.898. The van der Waals surface area contributed by atoms with Crippen LogP contribution in [0.15, 0.2) is 143 Å². The molecule has 8 unspecified atom stereocenters. The smallest absolute Gasteiger partial charge is 0.367 e. The number of hydrogen-bond acceptors (Lipinski definition) is 20. The number of benzene rings is 4. The van der Waals surface area contributed by atoms with Crippen molar-refractivity contribution in [3.8, 4) is 31.0 Å². The van der Waals surface area contributed by atoms with Gasteiger partial charge in [-0.05, 0) is 71.6 Å². The highest BCUT2D eigenvalue weighted by Crippen LogP contribution is 2.65. The number of ketones is 4. The van der Waals surface area contributed by atoms with Gasteiger partial charge in [0.15, 0.2) is 34.6 Å². The van der Waals surface area contributed by atoms with E-state index in [9.17, 15) is 19.2 Å². The van der Waals surface area contributed by atoms with Crippen LogP contribution in [0.2, 0.25) is 0 Å². The van der Waals surface area contributed by atoms with Crippen LogP contribution < -0.4 is 9.47 Å². The van der Waals surface area contributed by atoms with Gasteiger partial charge in [-0.1, -0.05) is 173 Å². The number of fused-ring (bicyclic) bond motifs is 13. The molecule has 4 aromatic heterocycles. The molecular formula is C74H62N2O14S4. The Hall–Kier alpha value is -8.56. The molecule has 6 saturated carbocycles. The summed E-state index contributed by atoms with van der Waals surface area (Å²) < 4.78 is 39.3. The van der Waals surface area contributed by atoms with Gasteiger partial charge in [-0.25, -0.2) is 29.2 Å². The lowest BCUT2D eigenvalue weighted by Crippen LogP contribution is -2.52. The largest absolute Gasteiger partial charge is 0.458 e. The molecule has 0 saturated heterocycles. The zero-order chi connectivity index (χ0) is 64.0. The first kappa shape index (κ1) is 60.4. The number of nitrogens with zero attached hydrogens (tertiary/aromatic N) is 2. The van der Waals surface area contributed by atoms with Crippen LogP contribution in [0.4, 0.5) is 10.0 Å². The van der Waals surface area contributed by atoms with Gasteiger partial charge in [0, 0.05) is 35.8 Å². The Labute approximate surface area is 556 Å². The van der Waals surface area contributed by atoms with Crippen molar-refractivity contribution in [1.82, 2.24) is 0 Å². The van der Waals surface area contributed by atoms with E-state index >= 15 is 19.2 Å². The van der Waals surface area contributed by atoms with E-state index in [1.807, 2.05) is 24.3 Å². The van der Waals surface area contributed by atoms with Crippen molar-refractivity contribution >= 4 is 123 Å². The third-order valence-electron chi connectivity index (χ3n) is 20.6. The van der Waals surface area contributed by atoms with Crippen molar-refractivity contribution in [3.05, 3.63) is 167 Å². The summed E-state index contributed by atoms with van der Waals surface area (Å²) >= 11 is 4.24. The summed E-state index contributed by atoms with van der Waals surface area (Å²) in [5, 5.41) is 0.379. The number of Topliss-reactive ketones (excluding diaryl/α,β-unsaturated/α-hetero) is 4. The Kier molecular flexibility index (Phi) is 15.6. The second kappa shape index (κ2) is 24.3. The van der Waals surface area contributed by atoms with Gasteiger partial charge in [0.05, 0.1) is 40.0 Å². The third-order valence-corrected chi connectivity index (χ3v) is 25.5. The Morgan fingerprint density at radius 2 is 0.670 bits per heavy atom. The van der Waals surface area contributed by atoms with Crippen molar-refractivity contribution in [2.45, 2.75) is 115 Å².